The van der Waals surface area contributed by atoms with Gasteiger partial charge in [-0.3, -0.25) is 5.32 Å². The molecule has 0 unspecified atom stereocenters. The number of nitrogens with zero attached hydrogens (tertiary/aromatic N) is 1. The Labute approximate surface area is 137 Å². The van der Waals surface area contributed by atoms with Crippen LogP contribution in [0.5, 0.6) is 11.5 Å². The topological polar surface area (TPSA) is 72.5 Å². The van der Waals surface area contributed by atoms with Crippen molar-refractivity contribution in [3.05, 3.63) is 48.2 Å². The van der Waals surface area contributed by atoms with Crippen molar-refractivity contribution in [2.45, 2.75) is 19.6 Å². The number of anilines is 1. The predicted molar refractivity (Wildman–Crippen MR) is 84.4 cm³/mol. The summed E-state index contributed by atoms with van der Waals surface area (Å²) in [6.07, 6.45) is 1.50. The van der Waals surface area contributed by atoms with Gasteiger partial charge in [0.15, 0.2) is 0 Å². The Balaban J connectivity index is 1.98. The maximum absolute atomic E-state index is 12.2. The molecule has 0 spiro atoms. The van der Waals surface area contributed by atoms with Crippen LogP contribution in [-0.4, -0.2) is 24.7 Å². The van der Waals surface area contributed by atoms with Gasteiger partial charge in [-0.05, 0) is 30.7 Å². The molecule has 6 nitrogen and oxygen atoms in total. The van der Waals surface area contributed by atoms with Crippen molar-refractivity contribution in [3.63, 3.8) is 0 Å². The lowest BCUT2D eigenvalue weighted by Crippen LogP contribution is -2.31. The number of aromatic nitrogens is 1. The molecule has 0 bridgehead atoms. The smallest absolute Gasteiger partial charge is 0.387 e. The van der Waals surface area contributed by atoms with Crippen molar-refractivity contribution in [1.82, 2.24) is 10.3 Å². The molecule has 2 amide bonds. The van der Waals surface area contributed by atoms with Crippen LogP contribution in [0.25, 0.3) is 0 Å². The van der Waals surface area contributed by atoms with Crippen molar-refractivity contribution in [2.75, 3.05) is 12.4 Å². The maximum Gasteiger partial charge on any atom is 0.387 e. The number of urea groups is 1. The predicted octanol–water partition coefficient (Wildman–Crippen LogP) is 3.57. The molecule has 128 valence electrons. The zero-order valence-corrected chi connectivity index (χ0v) is 13.1. The average Bonchev–Trinajstić information content (AvgIpc) is 2.54. The van der Waals surface area contributed by atoms with E-state index >= 15 is 0 Å². The molecule has 1 atom stereocenters. The summed E-state index contributed by atoms with van der Waals surface area (Å²) in [6.45, 7) is -1.17. The molecule has 0 aliphatic carbocycles. The number of amides is 2. The molecule has 0 aliphatic heterocycles. The van der Waals surface area contributed by atoms with E-state index in [1.807, 2.05) is 0 Å². The van der Waals surface area contributed by atoms with E-state index in [0.717, 1.165) is 0 Å². The summed E-state index contributed by atoms with van der Waals surface area (Å²) in [7, 11) is 1.51. The van der Waals surface area contributed by atoms with E-state index in [1.165, 1.54) is 25.4 Å². The first-order chi connectivity index (χ1) is 11.5. The molecule has 0 saturated heterocycles. The van der Waals surface area contributed by atoms with E-state index < -0.39 is 18.7 Å². The summed E-state index contributed by atoms with van der Waals surface area (Å²) < 4.78 is 33.9. The van der Waals surface area contributed by atoms with Gasteiger partial charge in [-0.15, -0.1) is 0 Å². The molecule has 1 aromatic heterocycles. The van der Waals surface area contributed by atoms with Gasteiger partial charge in [0.1, 0.15) is 17.3 Å². The Hall–Kier alpha value is -2.90. The van der Waals surface area contributed by atoms with Gasteiger partial charge in [0, 0.05) is 12.3 Å². The van der Waals surface area contributed by atoms with Gasteiger partial charge in [0.2, 0.25) is 0 Å². The average molecular weight is 337 g/mol. The number of rotatable bonds is 6. The van der Waals surface area contributed by atoms with Crippen LogP contribution in [0.15, 0.2) is 42.6 Å². The largest absolute Gasteiger partial charge is 0.497 e. The minimum absolute atomic E-state index is 0.0334. The Morgan fingerprint density at radius 2 is 2.00 bits per heavy atom. The van der Waals surface area contributed by atoms with Crippen LogP contribution < -0.4 is 20.1 Å². The third-order valence-electron chi connectivity index (χ3n) is 3.14. The normalized spacial score (nSPS) is 11.7. The Bertz CT molecular complexity index is 698. The van der Waals surface area contributed by atoms with E-state index in [4.69, 9.17) is 4.74 Å². The van der Waals surface area contributed by atoms with Gasteiger partial charge < -0.3 is 14.8 Å². The Kier molecular flexibility index (Phi) is 5.89. The zero-order chi connectivity index (χ0) is 17.5. The third kappa shape index (κ3) is 5.08. The number of benzene rings is 1. The van der Waals surface area contributed by atoms with E-state index in [2.05, 4.69) is 20.4 Å². The summed E-state index contributed by atoms with van der Waals surface area (Å²) in [5.74, 6) is 0.921. The molecule has 1 heterocycles. The number of pyridine rings is 1. The number of nitrogens with one attached hydrogen (secondary N) is 2. The lowest BCUT2D eigenvalue weighted by atomic mass is 10.1. The minimum Gasteiger partial charge on any atom is -0.497 e. The summed E-state index contributed by atoms with van der Waals surface area (Å²) in [6, 6.07) is 8.46. The van der Waals surface area contributed by atoms with Crippen LogP contribution >= 0.6 is 0 Å². The van der Waals surface area contributed by atoms with E-state index in [-0.39, 0.29) is 5.75 Å². The number of carbonyl (C=O) groups is 1. The Morgan fingerprint density at radius 3 is 2.71 bits per heavy atom. The molecule has 2 rings (SSSR count). The molecular formula is C16H17F2N3O3. The summed E-state index contributed by atoms with van der Waals surface area (Å²) in [5, 5.41) is 5.26. The second-order valence-electron chi connectivity index (χ2n) is 4.85. The van der Waals surface area contributed by atoms with Crippen LogP contribution in [0.1, 0.15) is 18.5 Å². The Morgan fingerprint density at radius 1 is 1.21 bits per heavy atom. The summed E-state index contributed by atoms with van der Waals surface area (Å²) in [4.78, 5) is 16.0. The van der Waals surface area contributed by atoms with Crippen LogP contribution in [0.3, 0.4) is 0 Å². The quantitative estimate of drug-likeness (QED) is 0.845. The van der Waals surface area contributed by atoms with Gasteiger partial charge in [0.05, 0.1) is 13.2 Å². The number of methoxy groups -OCH3 is 1. The highest BCUT2D eigenvalue weighted by Crippen LogP contribution is 2.21. The molecule has 0 aliphatic rings. The molecule has 8 heteroatoms. The second kappa shape index (κ2) is 8.09. The number of hydrogen-bond donors (Lipinski definition) is 2. The van der Waals surface area contributed by atoms with Crippen molar-refractivity contribution in [1.29, 1.82) is 0 Å². The monoisotopic (exact) mass is 337 g/mol. The fourth-order valence-corrected chi connectivity index (χ4v) is 2.00. The van der Waals surface area contributed by atoms with Crippen molar-refractivity contribution in [2.24, 2.45) is 0 Å². The SMILES string of the molecule is COc1ccnc(NC(=O)N[C@H](C)c2cccc(OC(F)F)c2)c1. The first-order valence-corrected chi connectivity index (χ1v) is 7.10. The van der Waals surface area contributed by atoms with E-state index in [0.29, 0.717) is 17.1 Å². The highest BCUT2D eigenvalue weighted by molar-refractivity contribution is 5.88. The van der Waals surface area contributed by atoms with Gasteiger partial charge >= 0.3 is 12.6 Å². The third-order valence-corrected chi connectivity index (χ3v) is 3.14. The highest BCUT2D eigenvalue weighted by Gasteiger charge is 2.12. The second-order valence-corrected chi connectivity index (χ2v) is 4.85. The van der Waals surface area contributed by atoms with Crippen LogP contribution in [0, 0.1) is 0 Å². The molecule has 0 saturated carbocycles. The first kappa shape index (κ1) is 17.5. The molecule has 2 N–H and O–H groups in total. The van der Waals surface area contributed by atoms with Gasteiger partial charge in [0.25, 0.3) is 0 Å². The van der Waals surface area contributed by atoms with Crippen LogP contribution in [0.4, 0.5) is 19.4 Å². The minimum atomic E-state index is -2.90. The van der Waals surface area contributed by atoms with E-state index in [9.17, 15) is 13.6 Å². The molecule has 0 fully saturated rings. The fourth-order valence-electron chi connectivity index (χ4n) is 2.00. The number of carbonyl (C=O) groups excluding carboxylic acids is 1. The summed E-state index contributed by atoms with van der Waals surface area (Å²) in [5.41, 5.74) is 0.627. The van der Waals surface area contributed by atoms with Gasteiger partial charge in [-0.1, -0.05) is 12.1 Å². The van der Waals surface area contributed by atoms with Gasteiger partial charge in [-0.25, -0.2) is 9.78 Å². The standard InChI is InChI=1S/C16H17F2N3O3/c1-10(11-4-3-5-13(8-11)24-15(17)18)20-16(22)21-14-9-12(23-2)6-7-19-14/h3-10,15H,1-2H3,(H2,19,20,21,22)/t10-/m1/s1. The van der Waals surface area contributed by atoms with Gasteiger partial charge in [-0.2, -0.15) is 8.78 Å². The van der Waals surface area contributed by atoms with Crippen molar-refractivity contribution >= 4 is 11.8 Å². The lowest BCUT2D eigenvalue weighted by molar-refractivity contribution is -0.0499. The summed E-state index contributed by atoms with van der Waals surface area (Å²) >= 11 is 0. The lowest BCUT2D eigenvalue weighted by Gasteiger charge is -2.16. The van der Waals surface area contributed by atoms with Crippen LogP contribution in [0.2, 0.25) is 0 Å². The van der Waals surface area contributed by atoms with Crippen LogP contribution in [-0.2, 0) is 0 Å². The number of hydrogen-bond acceptors (Lipinski definition) is 4. The molecule has 1 aromatic carbocycles. The van der Waals surface area contributed by atoms with Crippen molar-refractivity contribution < 1.29 is 23.0 Å². The van der Waals surface area contributed by atoms with Crippen molar-refractivity contribution in [3.8, 4) is 11.5 Å². The number of halogens is 2. The first-order valence-electron chi connectivity index (χ1n) is 7.10. The highest BCUT2D eigenvalue weighted by atomic mass is 19.3. The zero-order valence-electron chi connectivity index (χ0n) is 13.1. The molecule has 2 aromatic rings. The fraction of sp³-hybridized carbons (Fsp3) is 0.250. The maximum atomic E-state index is 12.2. The van der Waals surface area contributed by atoms with E-state index in [1.54, 1.807) is 31.2 Å². The number of ether oxygens (including phenoxy) is 2. The number of alkyl halides is 2. The molecule has 0 radical (unpaired) electrons. The molecular weight excluding hydrogens is 320 g/mol. The molecule has 24 heavy (non-hydrogen) atoms.